The van der Waals surface area contributed by atoms with E-state index < -0.39 is 0 Å². The van der Waals surface area contributed by atoms with Crippen LogP contribution >= 0.6 is 0 Å². The van der Waals surface area contributed by atoms with Gasteiger partial charge >= 0.3 is 0 Å². The van der Waals surface area contributed by atoms with E-state index in [0.717, 1.165) is 0 Å². The van der Waals surface area contributed by atoms with Crippen molar-refractivity contribution in [3.8, 4) is 0 Å². The predicted octanol–water partition coefficient (Wildman–Crippen LogP) is 8.02. The summed E-state index contributed by atoms with van der Waals surface area (Å²) in [5, 5.41) is 0. The molecule has 1 aliphatic rings. The summed E-state index contributed by atoms with van der Waals surface area (Å²) in [6.07, 6.45) is 6.65. The van der Waals surface area contributed by atoms with Crippen molar-refractivity contribution in [3.63, 3.8) is 0 Å². The van der Waals surface area contributed by atoms with Crippen LogP contribution < -0.4 is 0 Å². The molecule has 0 aromatic heterocycles. The first-order valence-corrected chi connectivity index (χ1v) is 11.2. The van der Waals surface area contributed by atoms with Crippen molar-refractivity contribution in [2.24, 2.45) is 0 Å². The van der Waals surface area contributed by atoms with Crippen molar-refractivity contribution >= 4 is 0 Å². The van der Waals surface area contributed by atoms with Gasteiger partial charge in [-0.2, -0.15) is 0 Å². The molecule has 1 fully saturated rings. The highest BCUT2D eigenvalue weighted by Crippen LogP contribution is 2.51. The second-order valence-corrected chi connectivity index (χ2v) is 9.64. The third kappa shape index (κ3) is 2.87. The summed E-state index contributed by atoms with van der Waals surface area (Å²) >= 11 is 0. The number of benzene rings is 2. The van der Waals surface area contributed by atoms with Gasteiger partial charge in [0.2, 0.25) is 0 Å². The Morgan fingerprint density at radius 1 is 0.357 bits per heavy atom. The lowest BCUT2D eigenvalue weighted by Crippen LogP contribution is -2.35. The van der Waals surface area contributed by atoms with Gasteiger partial charge in [0.25, 0.3) is 0 Å². The van der Waals surface area contributed by atoms with Gasteiger partial charge in [-0.15, -0.1) is 0 Å². The first kappa shape index (κ1) is 21.2. The Hall–Kier alpha value is -1.56. The minimum Gasteiger partial charge on any atom is -0.0532 e. The standard InChI is InChI=1S/C28H40/c1-16-18(3)22(7)26(23(8)19(16)4)28(14-12-11-13-15-28)27-24(9)20(5)17(2)21(6)25(27)10/h11-15H2,1-10H3. The van der Waals surface area contributed by atoms with Gasteiger partial charge in [0.1, 0.15) is 0 Å². The molecule has 0 bridgehead atoms. The second kappa shape index (κ2) is 7.36. The maximum absolute atomic E-state index is 2.39. The quantitative estimate of drug-likeness (QED) is 0.497. The number of rotatable bonds is 2. The van der Waals surface area contributed by atoms with Crippen molar-refractivity contribution in [1.82, 2.24) is 0 Å². The van der Waals surface area contributed by atoms with Gasteiger partial charge in [0.15, 0.2) is 0 Å². The maximum atomic E-state index is 2.39. The molecule has 152 valence electrons. The van der Waals surface area contributed by atoms with Crippen LogP contribution in [0.2, 0.25) is 0 Å². The van der Waals surface area contributed by atoms with Gasteiger partial charge in [-0.25, -0.2) is 0 Å². The fourth-order valence-electron chi connectivity index (χ4n) is 6.22. The summed E-state index contributed by atoms with van der Waals surface area (Å²) in [5.74, 6) is 0. The molecule has 0 amide bonds. The number of hydrogen-bond acceptors (Lipinski definition) is 0. The van der Waals surface area contributed by atoms with Crippen LogP contribution in [0.25, 0.3) is 0 Å². The lowest BCUT2D eigenvalue weighted by atomic mass is 9.59. The zero-order valence-electron chi connectivity index (χ0n) is 20.0. The van der Waals surface area contributed by atoms with E-state index in [-0.39, 0.29) is 5.41 Å². The summed E-state index contributed by atoms with van der Waals surface area (Å²) in [6.45, 7) is 23.5. The molecule has 1 saturated carbocycles. The van der Waals surface area contributed by atoms with E-state index in [1.54, 1.807) is 11.1 Å². The van der Waals surface area contributed by atoms with Gasteiger partial charge in [-0.05, 0) is 149 Å². The predicted molar refractivity (Wildman–Crippen MR) is 124 cm³/mol. The van der Waals surface area contributed by atoms with E-state index >= 15 is 0 Å². The van der Waals surface area contributed by atoms with Gasteiger partial charge in [0, 0.05) is 5.41 Å². The Morgan fingerprint density at radius 3 is 0.893 bits per heavy atom. The van der Waals surface area contributed by atoms with Gasteiger partial charge in [0.05, 0.1) is 0 Å². The fraction of sp³-hybridized carbons (Fsp3) is 0.571. The van der Waals surface area contributed by atoms with Crippen LogP contribution in [-0.2, 0) is 5.41 Å². The Kier molecular flexibility index (Phi) is 5.56. The molecule has 0 atom stereocenters. The van der Waals surface area contributed by atoms with E-state index in [2.05, 4.69) is 69.2 Å². The van der Waals surface area contributed by atoms with Crippen LogP contribution in [0.4, 0.5) is 0 Å². The summed E-state index contributed by atoms with van der Waals surface area (Å²) in [5.41, 5.74) is 18.6. The molecular formula is C28H40. The molecule has 0 N–H and O–H groups in total. The SMILES string of the molecule is Cc1c(C)c(C)c(C2(c3c(C)c(C)c(C)c(C)c3C)CCCCC2)c(C)c1C. The highest BCUT2D eigenvalue weighted by atomic mass is 14.4. The molecule has 3 rings (SSSR count). The van der Waals surface area contributed by atoms with Crippen LogP contribution in [-0.4, -0.2) is 0 Å². The minimum atomic E-state index is 0.174. The lowest BCUT2D eigenvalue weighted by molar-refractivity contribution is 0.340. The van der Waals surface area contributed by atoms with E-state index in [0.29, 0.717) is 0 Å². The molecule has 0 saturated heterocycles. The van der Waals surface area contributed by atoms with Crippen molar-refractivity contribution in [3.05, 3.63) is 66.8 Å². The maximum Gasteiger partial charge on any atom is 0.0213 e. The molecule has 0 heteroatoms. The van der Waals surface area contributed by atoms with E-state index in [1.807, 2.05) is 0 Å². The van der Waals surface area contributed by atoms with E-state index in [1.165, 1.54) is 87.7 Å². The van der Waals surface area contributed by atoms with Crippen molar-refractivity contribution < 1.29 is 0 Å². The highest BCUT2D eigenvalue weighted by Gasteiger charge is 2.41. The smallest absolute Gasteiger partial charge is 0.0213 e. The summed E-state index contributed by atoms with van der Waals surface area (Å²) in [6, 6.07) is 0. The molecule has 1 aliphatic carbocycles. The van der Waals surface area contributed by atoms with Crippen molar-refractivity contribution in [2.75, 3.05) is 0 Å². The first-order chi connectivity index (χ1) is 13.1. The normalized spacial score (nSPS) is 16.5. The van der Waals surface area contributed by atoms with Crippen molar-refractivity contribution in [1.29, 1.82) is 0 Å². The van der Waals surface area contributed by atoms with E-state index in [4.69, 9.17) is 0 Å². The molecule has 0 nitrogen and oxygen atoms in total. The number of hydrogen-bond donors (Lipinski definition) is 0. The van der Waals surface area contributed by atoms with Crippen LogP contribution in [0.5, 0.6) is 0 Å². The molecule has 2 aromatic carbocycles. The summed E-state index contributed by atoms with van der Waals surface area (Å²) in [7, 11) is 0. The highest BCUT2D eigenvalue weighted by molar-refractivity contribution is 5.61. The molecule has 0 spiro atoms. The van der Waals surface area contributed by atoms with Crippen LogP contribution in [0.1, 0.15) is 98.9 Å². The van der Waals surface area contributed by atoms with E-state index in [9.17, 15) is 0 Å². The van der Waals surface area contributed by atoms with Crippen molar-refractivity contribution in [2.45, 2.75) is 107 Å². The van der Waals surface area contributed by atoms with Crippen LogP contribution in [0.15, 0.2) is 0 Å². The molecule has 28 heavy (non-hydrogen) atoms. The third-order valence-electron chi connectivity index (χ3n) is 8.66. The first-order valence-electron chi connectivity index (χ1n) is 11.2. The average Bonchev–Trinajstić information content (AvgIpc) is 2.68. The van der Waals surface area contributed by atoms with Gasteiger partial charge in [-0.1, -0.05) is 19.3 Å². The Balaban J connectivity index is 2.48. The minimum absolute atomic E-state index is 0.174. The zero-order chi connectivity index (χ0) is 21.0. The Labute approximate surface area is 173 Å². The van der Waals surface area contributed by atoms with Crippen LogP contribution in [0.3, 0.4) is 0 Å². The van der Waals surface area contributed by atoms with Crippen LogP contribution in [0, 0.1) is 69.2 Å². The Morgan fingerprint density at radius 2 is 0.607 bits per heavy atom. The molecule has 2 aromatic rings. The summed E-state index contributed by atoms with van der Waals surface area (Å²) < 4.78 is 0. The average molecular weight is 377 g/mol. The van der Waals surface area contributed by atoms with Gasteiger partial charge < -0.3 is 0 Å². The molecule has 0 radical (unpaired) electrons. The third-order valence-corrected chi connectivity index (χ3v) is 8.66. The summed E-state index contributed by atoms with van der Waals surface area (Å²) in [4.78, 5) is 0. The van der Waals surface area contributed by atoms with Gasteiger partial charge in [-0.3, -0.25) is 0 Å². The topological polar surface area (TPSA) is 0 Å². The molecule has 0 unspecified atom stereocenters. The largest absolute Gasteiger partial charge is 0.0532 e. The molecule has 0 aliphatic heterocycles. The lowest BCUT2D eigenvalue weighted by Gasteiger charge is -2.44. The zero-order valence-corrected chi connectivity index (χ0v) is 20.0. The monoisotopic (exact) mass is 376 g/mol. The fourth-order valence-corrected chi connectivity index (χ4v) is 6.22. The second-order valence-electron chi connectivity index (χ2n) is 9.64. The molecule has 0 heterocycles. The molecular weight excluding hydrogens is 336 g/mol. The Bertz CT molecular complexity index is 804.